The van der Waals surface area contributed by atoms with Gasteiger partial charge >= 0.3 is 0 Å². The fraction of sp³-hybridized carbons (Fsp3) is 0.630. The van der Waals surface area contributed by atoms with Crippen molar-refractivity contribution in [3.63, 3.8) is 0 Å². The highest BCUT2D eigenvalue weighted by Gasteiger charge is 2.39. The molecule has 0 aliphatic rings. The van der Waals surface area contributed by atoms with Crippen LogP contribution < -0.4 is 5.11 Å². The lowest BCUT2D eigenvalue weighted by Crippen LogP contribution is -2.55. The van der Waals surface area contributed by atoms with E-state index in [1.807, 2.05) is 18.2 Å². The molecule has 0 saturated carbocycles. The van der Waals surface area contributed by atoms with Crippen LogP contribution in [0.3, 0.4) is 0 Å². The van der Waals surface area contributed by atoms with E-state index >= 15 is 0 Å². The number of unbranched alkanes of at least 4 members (excludes halogenated alkanes) is 9. The monoisotopic (exact) mass is 447 g/mol. The molecule has 0 radical (unpaired) electrons. The van der Waals surface area contributed by atoms with Crippen molar-refractivity contribution in [1.82, 2.24) is 0 Å². The molecule has 5 nitrogen and oxygen atoms in total. The molecule has 0 fully saturated rings. The SMILES string of the molecule is CCCCCCCCCCCC=CC=CC=CC=CC(=O)C(O)(CC(=O)[O-])C[N+](C)(C)C. The minimum atomic E-state index is -1.98. The van der Waals surface area contributed by atoms with Crippen molar-refractivity contribution in [3.05, 3.63) is 48.6 Å². The summed E-state index contributed by atoms with van der Waals surface area (Å²) in [6.07, 6.45) is 26.5. The van der Waals surface area contributed by atoms with Crippen molar-refractivity contribution in [1.29, 1.82) is 0 Å². The van der Waals surface area contributed by atoms with E-state index in [1.54, 1.807) is 33.3 Å². The van der Waals surface area contributed by atoms with Crippen LogP contribution in [-0.2, 0) is 9.59 Å². The van der Waals surface area contributed by atoms with Gasteiger partial charge in [0.15, 0.2) is 11.4 Å². The summed E-state index contributed by atoms with van der Waals surface area (Å²) in [5.41, 5.74) is -1.98. The molecule has 0 aromatic carbocycles. The number of ketones is 1. The summed E-state index contributed by atoms with van der Waals surface area (Å²) in [5, 5.41) is 21.5. The minimum Gasteiger partial charge on any atom is -0.550 e. The molecule has 1 unspecified atom stereocenters. The summed E-state index contributed by atoms with van der Waals surface area (Å²) in [6, 6.07) is 0. The lowest BCUT2D eigenvalue weighted by Gasteiger charge is -2.34. The Balaban J connectivity index is 4.16. The van der Waals surface area contributed by atoms with E-state index in [4.69, 9.17) is 0 Å². The van der Waals surface area contributed by atoms with Gasteiger partial charge in [0.25, 0.3) is 0 Å². The van der Waals surface area contributed by atoms with Crippen LogP contribution in [0.4, 0.5) is 0 Å². The molecule has 0 bridgehead atoms. The second kappa shape index (κ2) is 17.6. The number of hydrogen-bond donors (Lipinski definition) is 1. The molecule has 0 amide bonds. The second-order valence-electron chi connectivity index (χ2n) is 9.57. The zero-order valence-corrected chi connectivity index (χ0v) is 20.7. The van der Waals surface area contributed by atoms with Gasteiger partial charge in [0, 0.05) is 12.4 Å². The van der Waals surface area contributed by atoms with Gasteiger partial charge in [-0.05, 0) is 18.9 Å². The first-order valence-electron chi connectivity index (χ1n) is 12.0. The van der Waals surface area contributed by atoms with E-state index in [9.17, 15) is 19.8 Å². The fourth-order valence-electron chi connectivity index (χ4n) is 3.55. The predicted molar refractivity (Wildman–Crippen MR) is 131 cm³/mol. The number of allylic oxidation sites excluding steroid dienone is 7. The van der Waals surface area contributed by atoms with Crippen molar-refractivity contribution in [3.8, 4) is 0 Å². The van der Waals surface area contributed by atoms with Gasteiger partial charge in [-0.3, -0.25) is 4.79 Å². The molecule has 0 saturated heterocycles. The first-order valence-corrected chi connectivity index (χ1v) is 12.0. The Kier molecular flexibility index (Phi) is 16.5. The molecule has 0 rings (SSSR count). The molecule has 32 heavy (non-hydrogen) atoms. The minimum absolute atomic E-state index is 0.0163. The van der Waals surface area contributed by atoms with E-state index in [0.717, 1.165) is 6.42 Å². The lowest BCUT2D eigenvalue weighted by molar-refractivity contribution is -0.875. The number of carboxylic acid groups (broad SMARTS) is 1. The normalized spacial score (nSPS) is 14.8. The first kappa shape index (κ1) is 30.0. The van der Waals surface area contributed by atoms with Gasteiger partial charge in [-0.15, -0.1) is 0 Å². The van der Waals surface area contributed by atoms with Crippen LogP contribution in [0.1, 0.15) is 77.6 Å². The van der Waals surface area contributed by atoms with Gasteiger partial charge in [0.05, 0.1) is 21.1 Å². The topological polar surface area (TPSA) is 77.4 Å². The largest absolute Gasteiger partial charge is 0.550 e. The molecule has 182 valence electrons. The van der Waals surface area contributed by atoms with Gasteiger partial charge in [0.1, 0.15) is 6.54 Å². The summed E-state index contributed by atoms with van der Waals surface area (Å²) in [6.45, 7) is 2.23. The van der Waals surface area contributed by atoms with Crippen molar-refractivity contribution in [2.24, 2.45) is 0 Å². The third kappa shape index (κ3) is 17.7. The molecule has 0 aliphatic carbocycles. The van der Waals surface area contributed by atoms with Gasteiger partial charge in [0.2, 0.25) is 0 Å². The molecule has 1 atom stereocenters. The standard InChI is InChI=1S/C27H45NO4/c1-5-6-7-8-9-10-11-12-13-14-15-16-17-18-19-20-21-22-25(29)27(32,23-26(30)31)24-28(2,3)4/h15-22,32H,5-14,23-24H2,1-4H3. The average molecular weight is 448 g/mol. The van der Waals surface area contributed by atoms with Crippen molar-refractivity contribution >= 4 is 11.8 Å². The summed E-state index contributed by atoms with van der Waals surface area (Å²) >= 11 is 0. The van der Waals surface area contributed by atoms with Crippen LogP contribution in [0.15, 0.2) is 48.6 Å². The number of carboxylic acids is 1. The van der Waals surface area contributed by atoms with E-state index in [2.05, 4.69) is 13.0 Å². The Morgan fingerprint density at radius 1 is 0.812 bits per heavy atom. The molecular formula is C27H45NO4. The maximum atomic E-state index is 12.3. The number of aliphatic carboxylic acids is 1. The highest BCUT2D eigenvalue weighted by molar-refractivity contribution is 5.99. The molecule has 0 aliphatic heterocycles. The van der Waals surface area contributed by atoms with Gasteiger partial charge in [-0.2, -0.15) is 0 Å². The number of aliphatic hydroxyl groups is 1. The zero-order valence-electron chi connectivity index (χ0n) is 20.7. The third-order valence-electron chi connectivity index (χ3n) is 5.04. The van der Waals surface area contributed by atoms with E-state index < -0.39 is 23.8 Å². The number of carbonyl (C=O) groups excluding carboxylic acids is 2. The van der Waals surface area contributed by atoms with Gasteiger partial charge < -0.3 is 19.5 Å². The molecule has 0 aromatic heterocycles. The van der Waals surface area contributed by atoms with Crippen molar-refractivity contribution in [2.75, 3.05) is 27.7 Å². The summed E-state index contributed by atoms with van der Waals surface area (Å²) in [7, 11) is 5.35. The highest BCUT2D eigenvalue weighted by atomic mass is 16.4. The summed E-state index contributed by atoms with van der Waals surface area (Å²) < 4.78 is 0.257. The number of hydrogen-bond acceptors (Lipinski definition) is 4. The Labute approximate surface area is 195 Å². The Bertz CT molecular complexity index is 641. The number of quaternary nitrogens is 1. The molecule has 1 N–H and O–H groups in total. The summed E-state index contributed by atoms with van der Waals surface area (Å²) in [5.74, 6) is -2.08. The molecule has 0 aromatic rings. The molecular weight excluding hydrogens is 402 g/mol. The summed E-state index contributed by atoms with van der Waals surface area (Å²) in [4.78, 5) is 23.3. The number of carbonyl (C=O) groups is 2. The van der Waals surface area contributed by atoms with Crippen molar-refractivity contribution in [2.45, 2.75) is 83.2 Å². The van der Waals surface area contributed by atoms with Crippen LogP contribution in [-0.4, -0.2) is 54.6 Å². The average Bonchev–Trinajstić information content (AvgIpc) is 2.68. The molecule has 0 heterocycles. The number of nitrogens with zero attached hydrogens (tertiary/aromatic N) is 1. The highest BCUT2D eigenvalue weighted by Crippen LogP contribution is 2.16. The first-order chi connectivity index (χ1) is 15.1. The van der Waals surface area contributed by atoms with E-state index in [1.165, 1.54) is 69.9 Å². The maximum Gasteiger partial charge on any atom is 0.193 e. The van der Waals surface area contributed by atoms with Gasteiger partial charge in [-0.25, -0.2) is 0 Å². The quantitative estimate of drug-likeness (QED) is 0.139. The Morgan fingerprint density at radius 2 is 1.31 bits per heavy atom. The number of likely N-dealkylation sites (N-methyl/N-ethyl adjacent to an activating group) is 1. The van der Waals surface area contributed by atoms with Crippen LogP contribution in [0.25, 0.3) is 0 Å². The van der Waals surface area contributed by atoms with Gasteiger partial charge in [-0.1, -0.05) is 101 Å². The number of rotatable bonds is 19. The molecule has 5 heteroatoms. The van der Waals surface area contributed by atoms with Crippen LogP contribution in [0, 0.1) is 0 Å². The zero-order chi connectivity index (χ0) is 24.3. The second-order valence-corrected chi connectivity index (χ2v) is 9.57. The third-order valence-corrected chi connectivity index (χ3v) is 5.04. The van der Waals surface area contributed by atoms with Crippen LogP contribution >= 0.6 is 0 Å². The Hall–Kier alpha value is -1.98. The van der Waals surface area contributed by atoms with Crippen LogP contribution in [0.5, 0.6) is 0 Å². The molecule has 0 spiro atoms. The van der Waals surface area contributed by atoms with E-state index in [0.29, 0.717) is 0 Å². The van der Waals surface area contributed by atoms with E-state index in [-0.39, 0.29) is 11.0 Å². The Morgan fingerprint density at radius 3 is 1.84 bits per heavy atom. The lowest BCUT2D eigenvalue weighted by atomic mass is 9.92. The predicted octanol–water partition coefficient (Wildman–Crippen LogP) is 4.28. The smallest absolute Gasteiger partial charge is 0.193 e. The van der Waals surface area contributed by atoms with Crippen molar-refractivity contribution < 1.29 is 24.3 Å². The fourth-order valence-corrected chi connectivity index (χ4v) is 3.55. The van der Waals surface area contributed by atoms with Crippen LogP contribution in [0.2, 0.25) is 0 Å². The maximum absolute atomic E-state index is 12.3.